The summed E-state index contributed by atoms with van der Waals surface area (Å²) in [6, 6.07) is 0. The number of hydrogen-bond donors (Lipinski definition) is 1. The van der Waals surface area contributed by atoms with Gasteiger partial charge in [-0.3, -0.25) is 0 Å². The van der Waals surface area contributed by atoms with Crippen molar-refractivity contribution in [2.24, 2.45) is 0 Å². The van der Waals surface area contributed by atoms with Crippen LogP contribution in [0, 0.1) is 0 Å². The molecule has 0 saturated carbocycles. The van der Waals surface area contributed by atoms with Crippen molar-refractivity contribution in [3.8, 4) is 0 Å². The van der Waals surface area contributed by atoms with Crippen LogP contribution in [-0.2, 0) is 9.47 Å². The number of carbonyl (C=O) groups is 1. The first-order chi connectivity index (χ1) is 8.63. The maximum absolute atomic E-state index is 11.2. The highest BCUT2D eigenvalue weighted by molar-refractivity contribution is 5.86. The minimum atomic E-state index is -0.486. The number of nitrogens with one attached hydrogen (secondary N) is 1. The van der Waals surface area contributed by atoms with E-state index in [-0.39, 0.29) is 11.3 Å². The summed E-state index contributed by atoms with van der Waals surface area (Å²) in [6.07, 6.45) is 5.04. The Bertz CT molecular complexity index is 413. The van der Waals surface area contributed by atoms with Gasteiger partial charge in [0, 0.05) is 13.2 Å². The fourth-order valence-electron chi connectivity index (χ4n) is 1.88. The summed E-state index contributed by atoms with van der Waals surface area (Å²) in [5.74, 6) is 0.138. The average molecular weight is 251 g/mol. The van der Waals surface area contributed by atoms with E-state index < -0.39 is 5.97 Å². The fourth-order valence-corrected chi connectivity index (χ4v) is 1.88. The highest BCUT2D eigenvalue weighted by atomic mass is 16.5. The van der Waals surface area contributed by atoms with Crippen LogP contribution in [-0.4, -0.2) is 41.8 Å². The van der Waals surface area contributed by atoms with E-state index in [1.165, 1.54) is 19.5 Å². The first-order valence-corrected chi connectivity index (χ1v) is 5.91. The van der Waals surface area contributed by atoms with E-state index in [1.54, 1.807) is 0 Å². The van der Waals surface area contributed by atoms with Crippen LogP contribution in [0.4, 0.5) is 5.82 Å². The molecule has 1 aromatic rings. The number of rotatable bonds is 4. The van der Waals surface area contributed by atoms with Gasteiger partial charge in [-0.15, -0.1) is 0 Å². The highest BCUT2D eigenvalue weighted by Gasteiger charge is 2.29. The monoisotopic (exact) mass is 251 g/mol. The largest absolute Gasteiger partial charge is 0.464 e. The third kappa shape index (κ3) is 2.95. The molecule has 0 bridgehead atoms. The van der Waals surface area contributed by atoms with E-state index in [1.807, 2.05) is 0 Å². The standard InChI is InChI=1S/C12H17N3O3/c1-12(4-3-5-18-12)8-15-10-7-13-9(6-14-10)11(16)17-2/h6-7H,3-5,8H2,1-2H3,(H,14,15). The smallest absolute Gasteiger partial charge is 0.358 e. The zero-order valence-corrected chi connectivity index (χ0v) is 10.6. The number of anilines is 1. The Balaban J connectivity index is 1.92. The van der Waals surface area contributed by atoms with Crippen molar-refractivity contribution in [1.29, 1.82) is 0 Å². The molecule has 1 fully saturated rings. The molecular formula is C12H17N3O3. The third-order valence-corrected chi connectivity index (χ3v) is 2.99. The van der Waals surface area contributed by atoms with Crippen LogP contribution >= 0.6 is 0 Å². The lowest BCUT2D eigenvalue weighted by Crippen LogP contribution is -2.32. The van der Waals surface area contributed by atoms with Gasteiger partial charge in [-0.2, -0.15) is 0 Å². The lowest BCUT2D eigenvalue weighted by molar-refractivity contribution is 0.0314. The average Bonchev–Trinajstić information content (AvgIpc) is 2.83. The Morgan fingerprint density at radius 1 is 1.56 bits per heavy atom. The maximum atomic E-state index is 11.2. The van der Waals surface area contributed by atoms with Crippen molar-refractivity contribution >= 4 is 11.8 Å². The molecule has 1 atom stereocenters. The van der Waals surface area contributed by atoms with Crippen molar-refractivity contribution in [3.63, 3.8) is 0 Å². The van der Waals surface area contributed by atoms with Crippen molar-refractivity contribution in [2.75, 3.05) is 25.6 Å². The van der Waals surface area contributed by atoms with Gasteiger partial charge in [0.15, 0.2) is 5.69 Å². The number of nitrogens with zero attached hydrogens (tertiary/aromatic N) is 2. The minimum Gasteiger partial charge on any atom is -0.464 e. The molecule has 2 heterocycles. The predicted octanol–water partition coefficient (Wildman–Crippen LogP) is 1.24. The Labute approximate surface area is 106 Å². The van der Waals surface area contributed by atoms with Crippen LogP contribution in [0.5, 0.6) is 0 Å². The van der Waals surface area contributed by atoms with Gasteiger partial charge in [0.05, 0.1) is 25.1 Å². The van der Waals surface area contributed by atoms with E-state index in [0.717, 1.165) is 19.4 Å². The molecule has 1 aliphatic heterocycles. The van der Waals surface area contributed by atoms with E-state index in [9.17, 15) is 4.79 Å². The molecule has 0 aliphatic carbocycles. The summed E-state index contributed by atoms with van der Waals surface area (Å²) >= 11 is 0. The molecule has 1 aromatic heterocycles. The second-order valence-corrected chi connectivity index (χ2v) is 4.53. The normalized spacial score (nSPS) is 22.8. The molecule has 0 spiro atoms. The molecule has 2 rings (SSSR count). The first-order valence-electron chi connectivity index (χ1n) is 5.91. The second-order valence-electron chi connectivity index (χ2n) is 4.53. The Hall–Kier alpha value is -1.69. The second kappa shape index (κ2) is 5.30. The number of ether oxygens (including phenoxy) is 2. The van der Waals surface area contributed by atoms with E-state index in [2.05, 4.69) is 26.9 Å². The van der Waals surface area contributed by atoms with E-state index >= 15 is 0 Å². The SMILES string of the molecule is COC(=O)c1cnc(NCC2(C)CCCO2)cn1. The van der Waals surface area contributed by atoms with Crippen molar-refractivity contribution in [2.45, 2.75) is 25.4 Å². The molecular weight excluding hydrogens is 234 g/mol. The fraction of sp³-hybridized carbons (Fsp3) is 0.583. The van der Waals surface area contributed by atoms with Gasteiger partial charge < -0.3 is 14.8 Å². The zero-order valence-electron chi connectivity index (χ0n) is 10.6. The van der Waals surface area contributed by atoms with E-state index in [4.69, 9.17) is 4.74 Å². The van der Waals surface area contributed by atoms with Gasteiger partial charge in [-0.1, -0.05) is 0 Å². The summed E-state index contributed by atoms with van der Waals surface area (Å²) in [5, 5.41) is 3.16. The molecule has 1 unspecified atom stereocenters. The van der Waals surface area contributed by atoms with Crippen LogP contribution in [0.3, 0.4) is 0 Å². The molecule has 1 aliphatic rings. The number of esters is 1. The summed E-state index contributed by atoms with van der Waals surface area (Å²) in [7, 11) is 1.31. The van der Waals surface area contributed by atoms with Gasteiger partial charge in [0.25, 0.3) is 0 Å². The lowest BCUT2D eigenvalue weighted by Gasteiger charge is -2.23. The molecule has 0 radical (unpaired) electrons. The van der Waals surface area contributed by atoms with Gasteiger partial charge in [0.1, 0.15) is 5.82 Å². The van der Waals surface area contributed by atoms with Crippen LogP contribution in [0.1, 0.15) is 30.3 Å². The summed E-state index contributed by atoms with van der Waals surface area (Å²) in [6.45, 7) is 3.56. The molecule has 6 heteroatoms. The minimum absolute atomic E-state index is 0.136. The van der Waals surface area contributed by atoms with Crippen molar-refractivity contribution in [1.82, 2.24) is 9.97 Å². The number of aromatic nitrogens is 2. The van der Waals surface area contributed by atoms with E-state index in [0.29, 0.717) is 12.4 Å². The Kier molecular flexibility index (Phi) is 3.76. The topological polar surface area (TPSA) is 73.3 Å². The number of methoxy groups -OCH3 is 1. The van der Waals surface area contributed by atoms with Gasteiger partial charge in [-0.25, -0.2) is 14.8 Å². The Morgan fingerprint density at radius 2 is 2.39 bits per heavy atom. The Morgan fingerprint density at radius 3 is 2.94 bits per heavy atom. The highest BCUT2D eigenvalue weighted by Crippen LogP contribution is 2.24. The van der Waals surface area contributed by atoms with Gasteiger partial charge in [-0.05, 0) is 19.8 Å². The van der Waals surface area contributed by atoms with Crippen LogP contribution in [0.15, 0.2) is 12.4 Å². The number of hydrogen-bond acceptors (Lipinski definition) is 6. The van der Waals surface area contributed by atoms with Gasteiger partial charge >= 0.3 is 5.97 Å². The quantitative estimate of drug-likeness (QED) is 0.812. The molecule has 18 heavy (non-hydrogen) atoms. The molecule has 6 nitrogen and oxygen atoms in total. The summed E-state index contributed by atoms with van der Waals surface area (Å²) in [5.41, 5.74) is 0.0641. The summed E-state index contributed by atoms with van der Waals surface area (Å²) < 4.78 is 10.2. The molecule has 0 amide bonds. The predicted molar refractivity (Wildman–Crippen MR) is 65.5 cm³/mol. The van der Waals surface area contributed by atoms with Crippen LogP contribution in [0.2, 0.25) is 0 Å². The van der Waals surface area contributed by atoms with Crippen molar-refractivity contribution < 1.29 is 14.3 Å². The lowest BCUT2D eigenvalue weighted by atomic mass is 10.0. The molecule has 1 N–H and O–H groups in total. The first kappa shape index (κ1) is 12.8. The van der Waals surface area contributed by atoms with Gasteiger partial charge in [0.2, 0.25) is 0 Å². The van der Waals surface area contributed by atoms with Crippen molar-refractivity contribution in [3.05, 3.63) is 18.1 Å². The van der Waals surface area contributed by atoms with Crippen LogP contribution < -0.4 is 5.32 Å². The molecule has 98 valence electrons. The maximum Gasteiger partial charge on any atom is 0.358 e. The van der Waals surface area contributed by atoms with Crippen LogP contribution in [0.25, 0.3) is 0 Å². The molecule has 1 saturated heterocycles. The zero-order chi connectivity index (χ0) is 13.0. The third-order valence-electron chi connectivity index (χ3n) is 2.99. The number of carbonyl (C=O) groups excluding carboxylic acids is 1. The summed E-state index contributed by atoms with van der Waals surface area (Å²) in [4.78, 5) is 19.3. The molecule has 0 aromatic carbocycles.